The molecule has 0 spiro atoms. The number of carboxylic acids is 1. The SMILES string of the molecule is C[C@H](NC(=O)c1cccnc1N1CCCCC1)C(=O)O. The lowest BCUT2D eigenvalue weighted by Gasteiger charge is -2.29. The van der Waals surface area contributed by atoms with Crippen molar-refractivity contribution >= 4 is 17.7 Å². The zero-order chi connectivity index (χ0) is 14.5. The van der Waals surface area contributed by atoms with Gasteiger partial charge in [-0.3, -0.25) is 9.59 Å². The van der Waals surface area contributed by atoms with Gasteiger partial charge in [0.15, 0.2) is 0 Å². The van der Waals surface area contributed by atoms with Crippen LogP contribution in [0.5, 0.6) is 0 Å². The van der Waals surface area contributed by atoms with Gasteiger partial charge >= 0.3 is 5.97 Å². The Morgan fingerprint density at radius 2 is 2.05 bits per heavy atom. The molecule has 0 aromatic carbocycles. The van der Waals surface area contributed by atoms with Crippen LogP contribution in [0.25, 0.3) is 0 Å². The largest absolute Gasteiger partial charge is 0.480 e. The van der Waals surface area contributed by atoms with E-state index in [1.807, 2.05) is 0 Å². The Labute approximate surface area is 117 Å². The van der Waals surface area contributed by atoms with Crippen LogP contribution in [0.3, 0.4) is 0 Å². The summed E-state index contributed by atoms with van der Waals surface area (Å²) in [5.74, 6) is -0.808. The van der Waals surface area contributed by atoms with Gasteiger partial charge in [-0.2, -0.15) is 0 Å². The van der Waals surface area contributed by atoms with E-state index in [1.165, 1.54) is 13.3 Å². The smallest absolute Gasteiger partial charge is 0.325 e. The maximum atomic E-state index is 12.2. The van der Waals surface area contributed by atoms with Crippen molar-refractivity contribution in [2.45, 2.75) is 32.2 Å². The number of nitrogens with zero attached hydrogens (tertiary/aromatic N) is 2. The number of nitrogens with one attached hydrogen (secondary N) is 1. The Balaban J connectivity index is 2.18. The third kappa shape index (κ3) is 3.26. The van der Waals surface area contributed by atoms with Gasteiger partial charge in [0, 0.05) is 19.3 Å². The molecule has 0 bridgehead atoms. The lowest BCUT2D eigenvalue weighted by atomic mass is 10.1. The topological polar surface area (TPSA) is 82.5 Å². The van der Waals surface area contributed by atoms with Crippen molar-refractivity contribution in [2.24, 2.45) is 0 Å². The van der Waals surface area contributed by atoms with Gasteiger partial charge in [0.2, 0.25) is 0 Å². The number of anilines is 1. The molecule has 0 unspecified atom stereocenters. The van der Waals surface area contributed by atoms with Gasteiger partial charge in [-0.1, -0.05) is 0 Å². The zero-order valence-electron chi connectivity index (χ0n) is 11.5. The molecule has 6 heteroatoms. The van der Waals surface area contributed by atoms with E-state index < -0.39 is 17.9 Å². The van der Waals surface area contributed by atoms with Gasteiger partial charge in [0.25, 0.3) is 5.91 Å². The number of rotatable bonds is 4. The molecule has 1 aliphatic rings. The minimum Gasteiger partial charge on any atom is -0.480 e. The Bertz CT molecular complexity index is 498. The lowest BCUT2D eigenvalue weighted by Crippen LogP contribution is -2.40. The molecule has 1 amide bonds. The van der Waals surface area contributed by atoms with E-state index in [-0.39, 0.29) is 0 Å². The summed E-state index contributed by atoms with van der Waals surface area (Å²) < 4.78 is 0. The quantitative estimate of drug-likeness (QED) is 0.866. The molecule has 2 rings (SSSR count). The van der Waals surface area contributed by atoms with Crippen molar-refractivity contribution in [2.75, 3.05) is 18.0 Å². The molecular weight excluding hydrogens is 258 g/mol. The molecule has 20 heavy (non-hydrogen) atoms. The van der Waals surface area contributed by atoms with Gasteiger partial charge in [-0.25, -0.2) is 4.98 Å². The van der Waals surface area contributed by atoms with Crippen LogP contribution in [-0.4, -0.2) is 41.1 Å². The zero-order valence-corrected chi connectivity index (χ0v) is 11.5. The Morgan fingerprint density at radius 1 is 1.35 bits per heavy atom. The van der Waals surface area contributed by atoms with Crippen molar-refractivity contribution in [1.82, 2.24) is 10.3 Å². The molecule has 1 aromatic heterocycles. The van der Waals surface area contributed by atoms with Gasteiger partial charge in [-0.05, 0) is 38.3 Å². The predicted octanol–water partition coefficient (Wildman–Crippen LogP) is 1.27. The summed E-state index contributed by atoms with van der Waals surface area (Å²) in [6, 6.07) is 2.45. The molecule has 0 aliphatic carbocycles. The van der Waals surface area contributed by atoms with E-state index in [0.29, 0.717) is 11.4 Å². The predicted molar refractivity (Wildman–Crippen MR) is 74.9 cm³/mol. The summed E-state index contributed by atoms with van der Waals surface area (Å²) in [4.78, 5) is 29.4. The second-order valence-corrected chi connectivity index (χ2v) is 4.96. The Kier molecular flexibility index (Phi) is 4.55. The summed E-state index contributed by atoms with van der Waals surface area (Å²) in [5, 5.41) is 11.3. The fourth-order valence-electron chi connectivity index (χ4n) is 2.27. The fraction of sp³-hybridized carbons (Fsp3) is 0.500. The first kappa shape index (κ1) is 14.3. The van der Waals surface area contributed by atoms with Crippen LogP contribution in [0.1, 0.15) is 36.5 Å². The monoisotopic (exact) mass is 277 g/mol. The normalized spacial score (nSPS) is 16.6. The minimum absolute atomic E-state index is 0.395. The Morgan fingerprint density at radius 3 is 2.70 bits per heavy atom. The first-order valence-electron chi connectivity index (χ1n) is 6.83. The molecule has 1 aliphatic heterocycles. The molecule has 0 saturated carbocycles. The first-order valence-corrected chi connectivity index (χ1v) is 6.83. The highest BCUT2D eigenvalue weighted by molar-refractivity contribution is 6.00. The molecule has 108 valence electrons. The number of hydrogen-bond donors (Lipinski definition) is 2. The third-order valence-electron chi connectivity index (χ3n) is 3.40. The minimum atomic E-state index is -1.05. The number of carboxylic acid groups (broad SMARTS) is 1. The van der Waals surface area contributed by atoms with Crippen LogP contribution in [0, 0.1) is 0 Å². The van der Waals surface area contributed by atoms with Crippen molar-refractivity contribution < 1.29 is 14.7 Å². The molecule has 1 saturated heterocycles. The number of aliphatic carboxylic acids is 1. The summed E-state index contributed by atoms with van der Waals surface area (Å²) in [6.07, 6.45) is 5.02. The lowest BCUT2D eigenvalue weighted by molar-refractivity contribution is -0.138. The van der Waals surface area contributed by atoms with Gasteiger partial charge in [0.05, 0.1) is 5.56 Å². The number of aromatic nitrogens is 1. The summed E-state index contributed by atoms with van der Waals surface area (Å²) in [7, 11) is 0. The molecular formula is C14H19N3O3. The standard InChI is InChI=1S/C14H19N3O3/c1-10(14(19)20)16-13(18)11-6-5-7-15-12(11)17-8-3-2-4-9-17/h5-7,10H,2-4,8-9H2,1H3,(H,16,18)(H,19,20)/t10-/m0/s1. The first-order chi connectivity index (χ1) is 9.59. The van der Waals surface area contributed by atoms with E-state index in [0.717, 1.165) is 25.9 Å². The van der Waals surface area contributed by atoms with E-state index >= 15 is 0 Å². The van der Waals surface area contributed by atoms with Crippen LogP contribution >= 0.6 is 0 Å². The highest BCUT2D eigenvalue weighted by Gasteiger charge is 2.22. The summed E-state index contributed by atoms with van der Waals surface area (Å²) in [5.41, 5.74) is 0.433. The molecule has 1 atom stereocenters. The number of amides is 1. The highest BCUT2D eigenvalue weighted by Crippen LogP contribution is 2.21. The number of piperidine rings is 1. The summed E-state index contributed by atoms with van der Waals surface area (Å²) >= 11 is 0. The maximum Gasteiger partial charge on any atom is 0.325 e. The average Bonchev–Trinajstić information content (AvgIpc) is 2.48. The number of carbonyl (C=O) groups is 2. The highest BCUT2D eigenvalue weighted by atomic mass is 16.4. The van der Waals surface area contributed by atoms with Crippen molar-refractivity contribution in [3.8, 4) is 0 Å². The number of hydrogen-bond acceptors (Lipinski definition) is 4. The molecule has 1 aromatic rings. The van der Waals surface area contributed by atoms with Crippen LogP contribution in [0.15, 0.2) is 18.3 Å². The second-order valence-electron chi connectivity index (χ2n) is 4.96. The van der Waals surface area contributed by atoms with Crippen LogP contribution < -0.4 is 10.2 Å². The van der Waals surface area contributed by atoms with Crippen LogP contribution in [-0.2, 0) is 4.79 Å². The maximum absolute atomic E-state index is 12.2. The molecule has 2 N–H and O–H groups in total. The van der Waals surface area contributed by atoms with Crippen LogP contribution in [0.2, 0.25) is 0 Å². The molecule has 0 radical (unpaired) electrons. The average molecular weight is 277 g/mol. The number of pyridine rings is 1. The van der Waals surface area contributed by atoms with E-state index in [9.17, 15) is 9.59 Å². The van der Waals surface area contributed by atoms with Crippen molar-refractivity contribution in [1.29, 1.82) is 0 Å². The second kappa shape index (κ2) is 6.36. The van der Waals surface area contributed by atoms with Crippen molar-refractivity contribution in [3.63, 3.8) is 0 Å². The number of carbonyl (C=O) groups excluding carboxylic acids is 1. The van der Waals surface area contributed by atoms with Gasteiger partial charge < -0.3 is 15.3 Å². The van der Waals surface area contributed by atoms with E-state index in [2.05, 4.69) is 15.2 Å². The van der Waals surface area contributed by atoms with E-state index in [1.54, 1.807) is 18.3 Å². The Hall–Kier alpha value is -2.11. The molecule has 2 heterocycles. The third-order valence-corrected chi connectivity index (χ3v) is 3.40. The fourth-order valence-corrected chi connectivity index (χ4v) is 2.27. The van der Waals surface area contributed by atoms with E-state index in [4.69, 9.17) is 5.11 Å². The van der Waals surface area contributed by atoms with Crippen molar-refractivity contribution in [3.05, 3.63) is 23.9 Å². The molecule has 6 nitrogen and oxygen atoms in total. The van der Waals surface area contributed by atoms with Crippen LogP contribution in [0.4, 0.5) is 5.82 Å². The van der Waals surface area contributed by atoms with Gasteiger partial charge in [0.1, 0.15) is 11.9 Å². The summed E-state index contributed by atoms with van der Waals surface area (Å²) in [6.45, 7) is 3.20. The molecule has 1 fully saturated rings. The van der Waals surface area contributed by atoms with Gasteiger partial charge in [-0.15, -0.1) is 0 Å².